The average molecular weight is 265 g/mol. The molecule has 104 valence electrons. The number of halogens is 1. The second kappa shape index (κ2) is 6.04. The lowest BCUT2D eigenvalue weighted by Crippen LogP contribution is -2.26. The molecule has 1 aliphatic carbocycles. The number of carboxylic acid groups (broad SMARTS) is 1. The third-order valence-electron chi connectivity index (χ3n) is 3.92. The lowest BCUT2D eigenvalue weighted by atomic mass is 9.96. The summed E-state index contributed by atoms with van der Waals surface area (Å²) in [6.07, 6.45) is 5.84. The van der Waals surface area contributed by atoms with E-state index in [1.165, 1.54) is 25.0 Å². The lowest BCUT2D eigenvalue weighted by molar-refractivity contribution is 0.0696. The van der Waals surface area contributed by atoms with E-state index >= 15 is 0 Å². The Morgan fingerprint density at radius 2 is 2.05 bits per heavy atom. The first kappa shape index (κ1) is 13.8. The zero-order chi connectivity index (χ0) is 13.8. The summed E-state index contributed by atoms with van der Waals surface area (Å²) in [6.45, 7) is 2.19. The minimum atomic E-state index is -1.10. The van der Waals surface area contributed by atoms with Gasteiger partial charge in [0.2, 0.25) is 0 Å². The molecule has 1 fully saturated rings. The molecule has 1 aromatic carbocycles. The maximum absolute atomic E-state index is 13.9. The van der Waals surface area contributed by atoms with E-state index in [1.54, 1.807) is 0 Å². The number of aromatic carboxylic acids is 1. The van der Waals surface area contributed by atoms with E-state index in [2.05, 4.69) is 12.2 Å². The van der Waals surface area contributed by atoms with Crippen molar-refractivity contribution >= 4 is 11.7 Å². The smallest absolute Gasteiger partial charge is 0.335 e. The summed E-state index contributed by atoms with van der Waals surface area (Å²) in [5.74, 6) is -1.08. The van der Waals surface area contributed by atoms with Crippen LogP contribution >= 0.6 is 0 Å². The molecule has 0 heterocycles. The third-order valence-corrected chi connectivity index (χ3v) is 3.92. The summed E-state index contributed by atoms with van der Waals surface area (Å²) in [4.78, 5) is 10.8. The highest BCUT2D eigenvalue weighted by atomic mass is 19.1. The van der Waals surface area contributed by atoms with Crippen LogP contribution in [0.3, 0.4) is 0 Å². The summed E-state index contributed by atoms with van der Waals surface area (Å²) >= 11 is 0. The van der Waals surface area contributed by atoms with Gasteiger partial charge in [-0.15, -0.1) is 0 Å². The van der Waals surface area contributed by atoms with Gasteiger partial charge in [-0.2, -0.15) is 0 Å². The molecular weight excluding hydrogens is 245 g/mol. The van der Waals surface area contributed by atoms with E-state index in [0.717, 1.165) is 25.3 Å². The van der Waals surface area contributed by atoms with Gasteiger partial charge in [0.15, 0.2) is 0 Å². The predicted molar refractivity (Wildman–Crippen MR) is 73.0 cm³/mol. The van der Waals surface area contributed by atoms with Gasteiger partial charge < -0.3 is 10.4 Å². The van der Waals surface area contributed by atoms with Crippen molar-refractivity contribution in [3.05, 3.63) is 29.6 Å². The normalized spacial score (nSPS) is 23.7. The van der Waals surface area contributed by atoms with Crippen molar-refractivity contribution in [1.82, 2.24) is 0 Å². The molecule has 0 spiro atoms. The summed E-state index contributed by atoms with van der Waals surface area (Å²) in [5, 5.41) is 12.1. The minimum Gasteiger partial charge on any atom is -0.478 e. The van der Waals surface area contributed by atoms with Gasteiger partial charge in [-0.1, -0.05) is 26.2 Å². The molecule has 0 aromatic heterocycles. The summed E-state index contributed by atoms with van der Waals surface area (Å²) in [6, 6.07) is 4.31. The second-order valence-electron chi connectivity index (χ2n) is 5.37. The van der Waals surface area contributed by atoms with Gasteiger partial charge in [-0.3, -0.25) is 0 Å². The van der Waals surface area contributed by atoms with Crippen LogP contribution in [0.4, 0.5) is 10.1 Å². The van der Waals surface area contributed by atoms with Crippen LogP contribution in [0.15, 0.2) is 18.2 Å². The second-order valence-corrected chi connectivity index (χ2v) is 5.37. The molecule has 2 N–H and O–H groups in total. The van der Waals surface area contributed by atoms with E-state index in [9.17, 15) is 9.18 Å². The Hall–Kier alpha value is -1.58. The van der Waals surface area contributed by atoms with Crippen LogP contribution < -0.4 is 5.32 Å². The van der Waals surface area contributed by atoms with E-state index in [1.807, 2.05) is 0 Å². The first-order valence-electron chi connectivity index (χ1n) is 6.87. The summed E-state index contributed by atoms with van der Waals surface area (Å²) in [7, 11) is 0. The number of hydrogen-bond acceptors (Lipinski definition) is 2. The zero-order valence-electron chi connectivity index (χ0n) is 11.2. The number of hydrogen-bond donors (Lipinski definition) is 2. The molecule has 2 rings (SSSR count). The van der Waals surface area contributed by atoms with Crippen LogP contribution in [0.5, 0.6) is 0 Å². The molecule has 0 bridgehead atoms. The number of nitrogens with one attached hydrogen (secondary N) is 1. The molecule has 0 radical (unpaired) electrons. The standard InChI is InChI=1S/C15H20FNO2/c1-10-5-3-2-4-6-13(10)17-14-8-7-11(15(18)19)9-12(14)16/h7-10,13,17H,2-6H2,1H3,(H,18,19). The lowest BCUT2D eigenvalue weighted by Gasteiger charge is -2.24. The number of rotatable bonds is 3. The highest BCUT2D eigenvalue weighted by Crippen LogP contribution is 2.27. The molecule has 1 aromatic rings. The van der Waals surface area contributed by atoms with Gasteiger partial charge in [-0.05, 0) is 37.0 Å². The molecule has 2 atom stereocenters. The summed E-state index contributed by atoms with van der Waals surface area (Å²) in [5.41, 5.74) is 0.390. The maximum atomic E-state index is 13.9. The van der Waals surface area contributed by atoms with E-state index < -0.39 is 11.8 Å². The highest BCUT2D eigenvalue weighted by molar-refractivity contribution is 5.88. The summed E-state index contributed by atoms with van der Waals surface area (Å²) < 4.78 is 13.9. The van der Waals surface area contributed by atoms with Crippen LogP contribution in [0, 0.1) is 11.7 Å². The Morgan fingerprint density at radius 3 is 2.74 bits per heavy atom. The van der Waals surface area contributed by atoms with Gasteiger partial charge in [0.1, 0.15) is 5.82 Å². The highest BCUT2D eigenvalue weighted by Gasteiger charge is 2.20. The van der Waals surface area contributed by atoms with Crippen molar-refractivity contribution in [3.63, 3.8) is 0 Å². The maximum Gasteiger partial charge on any atom is 0.335 e. The molecule has 0 aliphatic heterocycles. The van der Waals surface area contributed by atoms with Gasteiger partial charge >= 0.3 is 5.97 Å². The molecule has 4 heteroatoms. The molecular formula is C15H20FNO2. The first-order chi connectivity index (χ1) is 9.08. The Kier molecular flexibility index (Phi) is 4.40. The fourth-order valence-electron chi connectivity index (χ4n) is 2.67. The van der Waals surface area contributed by atoms with Gasteiger partial charge in [0.05, 0.1) is 11.3 Å². The van der Waals surface area contributed by atoms with Crippen molar-refractivity contribution in [2.45, 2.75) is 45.1 Å². The van der Waals surface area contributed by atoms with Gasteiger partial charge in [0.25, 0.3) is 0 Å². The topological polar surface area (TPSA) is 49.3 Å². The number of anilines is 1. The molecule has 19 heavy (non-hydrogen) atoms. The Balaban J connectivity index is 2.11. The Morgan fingerprint density at radius 1 is 1.32 bits per heavy atom. The Bertz CT molecular complexity index is 461. The molecule has 3 nitrogen and oxygen atoms in total. The van der Waals surface area contributed by atoms with Gasteiger partial charge in [0, 0.05) is 6.04 Å². The van der Waals surface area contributed by atoms with Crippen LogP contribution in [0.1, 0.15) is 49.4 Å². The van der Waals surface area contributed by atoms with Crippen LogP contribution in [0.2, 0.25) is 0 Å². The van der Waals surface area contributed by atoms with Crippen molar-refractivity contribution in [2.75, 3.05) is 5.32 Å². The van der Waals surface area contributed by atoms with Crippen LogP contribution in [0.25, 0.3) is 0 Å². The van der Waals surface area contributed by atoms with E-state index in [4.69, 9.17) is 5.11 Å². The molecule has 0 amide bonds. The SMILES string of the molecule is CC1CCCCCC1Nc1ccc(C(=O)O)cc1F. The monoisotopic (exact) mass is 265 g/mol. The number of carboxylic acids is 1. The fourth-order valence-corrected chi connectivity index (χ4v) is 2.67. The van der Waals surface area contributed by atoms with E-state index in [0.29, 0.717) is 11.6 Å². The van der Waals surface area contributed by atoms with Crippen molar-refractivity contribution in [2.24, 2.45) is 5.92 Å². The Labute approximate surface area is 112 Å². The largest absolute Gasteiger partial charge is 0.478 e. The molecule has 2 unspecified atom stereocenters. The zero-order valence-corrected chi connectivity index (χ0v) is 11.2. The first-order valence-corrected chi connectivity index (χ1v) is 6.87. The quantitative estimate of drug-likeness (QED) is 0.815. The number of carbonyl (C=O) groups is 1. The average Bonchev–Trinajstić information content (AvgIpc) is 2.57. The molecule has 1 aliphatic rings. The van der Waals surface area contributed by atoms with Crippen molar-refractivity contribution < 1.29 is 14.3 Å². The van der Waals surface area contributed by atoms with Crippen molar-refractivity contribution in [1.29, 1.82) is 0 Å². The minimum absolute atomic E-state index is 0.0167. The van der Waals surface area contributed by atoms with Gasteiger partial charge in [-0.25, -0.2) is 9.18 Å². The predicted octanol–water partition coefficient (Wildman–Crippen LogP) is 3.90. The van der Waals surface area contributed by atoms with E-state index in [-0.39, 0.29) is 11.6 Å². The van der Waals surface area contributed by atoms with Crippen molar-refractivity contribution in [3.8, 4) is 0 Å². The third kappa shape index (κ3) is 3.46. The van der Waals surface area contributed by atoms with Crippen LogP contribution in [-0.2, 0) is 0 Å². The molecule has 1 saturated carbocycles. The number of benzene rings is 1. The fraction of sp³-hybridized carbons (Fsp3) is 0.533. The molecule has 0 saturated heterocycles. The van der Waals surface area contributed by atoms with Crippen LogP contribution in [-0.4, -0.2) is 17.1 Å².